The quantitative estimate of drug-likeness (QED) is 0.0278. The highest BCUT2D eigenvalue weighted by atomic mass is 31.2. The van der Waals surface area contributed by atoms with Gasteiger partial charge in [-0.05, 0) is 25.7 Å². The van der Waals surface area contributed by atoms with Crippen molar-refractivity contribution in [1.82, 2.24) is 0 Å². The zero-order chi connectivity index (χ0) is 40.0. The molecule has 3 N–H and O–H groups in total. The summed E-state index contributed by atoms with van der Waals surface area (Å²) in [6.45, 7) is 3.92. The van der Waals surface area contributed by atoms with E-state index in [1.54, 1.807) is 0 Å². The maximum absolute atomic E-state index is 12.5. The Morgan fingerprint density at radius 3 is 1.17 bits per heavy atom. The van der Waals surface area contributed by atoms with Crippen LogP contribution in [0.15, 0.2) is 0 Å². The van der Waals surface area contributed by atoms with Crippen LogP contribution in [0.4, 0.5) is 0 Å². The van der Waals surface area contributed by atoms with Crippen molar-refractivity contribution in [3.63, 3.8) is 0 Å². The lowest BCUT2D eigenvalue weighted by atomic mass is 10.1. The first-order chi connectivity index (χ1) is 25.2. The molecule has 0 amide bonds. The average Bonchev–Trinajstić information content (AvgIpc) is 3.11. The van der Waals surface area contributed by atoms with Crippen molar-refractivity contribution in [3.05, 3.63) is 0 Å². The summed E-state index contributed by atoms with van der Waals surface area (Å²) in [5.74, 6) is -2.28. The minimum atomic E-state index is -4.88. The van der Waals surface area contributed by atoms with Crippen molar-refractivity contribution in [1.29, 1.82) is 0 Å². The summed E-state index contributed by atoms with van der Waals surface area (Å²) in [6.07, 6.45) is 6.60. The first-order valence-corrected chi connectivity index (χ1v) is 21.8. The Labute approximate surface area is 314 Å². The molecule has 53 heavy (non-hydrogen) atoms. The molecule has 0 aromatic heterocycles. The lowest BCUT2D eigenvalue weighted by Gasteiger charge is -2.21. The van der Waals surface area contributed by atoms with Crippen molar-refractivity contribution < 1.29 is 80.2 Å². The fraction of sp³-hybridized carbons (Fsp3) is 0.882. The summed E-state index contributed by atoms with van der Waals surface area (Å²) in [5, 5.41) is 10.2. The van der Waals surface area contributed by atoms with Crippen LogP contribution in [-0.2, 0) is 65.4 Å². The van der Waals surface area contributed by atoms with Crippen LogP contribution in [0, 0.1) is 0 Å². The molecule has 5 atom stereocenters. The Morgan fingerprint density at radius 2 is 0.774 bits per heavy atom. The van der Waals surface area contributed by atoms with Gasteiger partial charge in [0.1, 0.15) is 19.3 Å². The summed E-state index contributed by atoms with van der Waals surface area (Å²) < 4.78 is 65.2. The highest BCUT2D eigenvalue weighted by molar-refractivity contribution is 7.47. The zero-order valence-electron chi connectivity index (χ0n) is 31.9. The van der Waals surface area contributed by atoms with Gasteiger partial charge in [-0.25, -0.2) is 9.13 Å². The maximum atomic E-state index is 12.5. The highest BCUT2D eigenvalue weighted by Crippen LogP contribution is 2.45. The van der Waals surface area contributed by atoms with E-state index in [0.717, 1.165) is 57.8 Å². The van der Waals surface area contributed by atoms with Gasteiger partial charge in [-0.2, -0.15) is 0 Å². The number of phosphoric acid groups is 2. The number of esters is 4. The number of carbonyl (C=O) groups is 4. The number of aliphatic hydroxyl groups is 1. The Morgan fingerprint density at radius 1 is 0.453 bits per heavy atom. The molecule has 0 saturated heterocycles. The normalized spacial score (nSPS) is 15.4. The molecular formula is C34H64O17P2. The van der Waals surface area contributed by atoms with Crippen LogP contribution in [0.3, 0.4) is 0 Å². The van der Waals surface area contributed by atoms with E-state index in [9.17, 15) is 43.2 Å². The minimum Gasteiger partial charge on any atom is -0.462 e. The number of ether oxygens (including phenoxy) is 4. The van der Waals surface area contributed by atoms with Crippen LogP contribution in [0.25, 0.3) is 0 Å². The van der Waals surface area contributed by atoms with Crippen LogP contribution in [0.5, 0.6) is 0 Å². The number of carbonyl (C=O) groups excluding carboxylic acids is 4. The number of unbranched alkanes of at least 4 members (excludes halogenated alkanes) is 9. The van der Waals surface area contributed by atoms with Crippen molar-refractivity contribution in [2.45, 2.75) is 155 Å². The second-order valence-electron chi connectivity index (χ2n) is 12.5. The molecule has 0 aromatic carbocycles. The van der Waals surface area contributed by atoms with Gasteiger partial charge in [-0.1, -0.05) is 85.5 Å². The Bertz CT molecular complexity index is 1110. The molecular weight excluding hydrogens is 742 g/mol. The molecule has 0 heterocycles. The number of phosphoric ester groups is 2. The number of hydrogen-bond donors (Lipinski definition) is 3. The van der Waals surface area contributed by atoms with E-state index in [1.807, 2.05) is 27.7 Å². The van der Waals surface area contributed by atoms with Gasteiger partial charge in [0, 0.05) is 25.7 Å². The maximum Gasteiger partial charge on any atom is 0.472 e. The van der Waals surface area contributed by atoms with Gasteiger partial charge < -0.3 is 33.8 Å². The van der Waals surface area contributed by atoms with Gasteiger partial charge >= 0.3 is 39.5 Å². The SMILES string of the molecule is CCCCCCC(=O)O[C@H](COC(=O)CCCC)COP(=O)(O)OC[C@@H](O)COP(=O)(O)OC[C@@H](COC(=O)CCCCC)OC(=O)CCCCCC. The van der Waals surface area contributed by atoms with Gasteiger partial charge in [-0.3, -0.25) is 37.3 Å². The van der Waals surface area contributed by atoms with Crippen molar-refractivity contribution in [3.8, 4) is 0 Å². The molecule has 17 nitrogen and oxygen atoms in total. The van der Waals surface area contributed by atoms with E-state index < -0.39 is 97.5 Å². The van der Waals surface area contributed by atoms with E-state index in [2.05, 4.69) is 0 Å². The molecule has 0 aliphatic carbocycles. The van der Waals surface area contributed by atoms with Crippen LogP contribution in [0.2, 0.25) is 0 Å². The van der Waals surface area contributed by atoms with Crippen molar-refractivity contribution in [2.75, 3.05) is 39.6 Å². The molecule has 0 aromatic rings. The molecule has 0 aliphatic heterocycles. The summed E-state index contributed by atoms with van der Waals surface area (Å²) in [6, 6.07) is 0. The number of rotatable bonds is 35. The topological polar surface area (TPSA) is 237 Å². The summed E-state index contributed by atoms with van der Waals surface area (Å²) in [5.41, 5.74) is 0. The van der Waals surface area contributed by atoms with E-state index in [1.165, 1.54) is 0 Å². The first kappa shape index (κ1) is 51.1. The molecule has 312 valence electrons. The number of aliphatic hydroxyl groups excluding tert-OH is 1. The highest BCUT2D eigenvalue weighted by Gasteiger charge is 2.30. The molecule has 0 fully saturated rings. The van der Waals surface area contributed by atoms with Gasteiger partial charge in [0.15, 0.2) is 12.2 Å². The monoisotopic (exact) mass is 806 g/mol. The number of hydrogen-bond acceptors (Lipinski definition) is 15. The van der Waals surface area contributed by atoms with E-state index in [-0.39, 0.29) is 25.7 Å². The molecule has 19 heteroatoms. The molecule has 0 saturated carbocycles. The average molecular weight is 807 g/mol. The molecule has 0 rings (SSSR count). The first-order valence-electron chi connectivity index (χ1n) is 18.8. The molecule has 2 unspecified atom stereocenters. The molecule has 0 radical (unpaired) electrons. The van der Waals surface area contributed by atoms with Crippen LogP contribution in [-0.4, -0.2) is 96.7 Å². The van der Waals surface area contributed by atoms with Gasteiger partial charge in [0.2, 0.25) is 0 Å². The van der Waals surface area contributed by atoms with Crippen molar-refractivity contribution in [2.24, 2.45) is 0 Å². The van der Waals surface area contributed by atoms with Crippen molar-refractivity contribution >= 4 is 39.5 Å². The Balaban J connectivity index is 5.02. The third-order valence-electron chi connectivity index (χ3n) is 7.35. The fourth-order valence-corrected chi connectivity index (χ4v) is 5.89. The molecule has 0 spiro atoms. The third-order valence-corrected chi connectivity index (χ3v) is 9.25. The standard InChI is InChI=1S/C34H64O17P2/c1-5-9-13-16-20-33(38)50-29(24-44-31(36)18-12-8-4)26-48-52(40,41)46-22-28(35)23-47-53(42,43)49-27-30(25-45-32(37)19-15-11-7-3)51-34(39)21-17-14-10-6-2/h28-30,35H,5-27H2,1-4H3,(H,40,41)(H,42,43)/t28-,29-,30-/m1/s1. The molecule has 0 bridgehead atoms. The summed E-state index contributed by atoms with van der Waals surface area (Å²) in [7, 11) is -9.76. The second-order valence-corrected chi connectivity index (χ2v) is 15.5. The van der Waals surface area contributed by atoms with Gasteiger partial charge in [-0.15, -0.1) is 0 Å². The fourth-order valence-electron chi connectivity index (χ4n) is 4.31. The van der Waals surface area contributed by atoms with Crippen LogP contribution >= 0.6 is 15.6 Å². The smallest absolute Gasteiger partial charge is 0.462 e. The lowest BCUT2D eigenvalue weighted by Crippen LogP contribution is -2.30. The molecule has 0 aliphatic rings. The predicted octanol–water partition coefficient (Wildman–Crippen LogP) is 6.24. The van der Waals surface area contributed by atoms with E-state index in [0.29, 0.717) is 25.7 Å². The van der Waals surface area contributed by atoms with Crippen LogP contribution in [0.1, 0.15) is 137 Å². The van der Waals surface area contributed by atoms with E-state index in [4.69, 9.17) is 37.0 Å². The lowest BCUT2D eigenvalue weighted by molar-refractivity contribution is -0.161. The van der Waals surface area contributed by atoms with Crippen LogP contribution < -0.4 is 0 Å². The Hall–Kier alpha value is -1.94. The van der Waals surface area contributed by atoms with Gasteiger partial charge in [0.05, 0.1) is 26.4 Å². The summed E-state index contributed by atoms with van der Waals surface area (Å²) >= 11 is 0. The summed E-state index contributed by atoms with van der Waals surface area (Å²) in [4.78, 5) is 68.9. The van der Waals surface area contributed by atoms with Gasteiger partial charge in [0.25, 0.3) is 0 Å². The second kappa shape index (κ2) is 31.3. The largest absolute Gasteiger partial charge is 0.472 e. The Kier molecular flexibility index (Phi) is 30.1. The third kappa shape index (κ3) is 31.0. The minimum absolute atomic E-state index is 0.0930. The zero-order valence-corrected chi connectivity index (χ0v) is 33.7. The predicted molar refractivity (Wildman–Crippen MR) is 192 cm³/mol. The van der Waals surface area contributed by atoms with E-state index >= 15 is 0 Å².